The molecule has 6 heteroatoms. The Morgan fingerprint density at radius 2 is 1.43 bits per heavy atom. The van der Waals surface area contributed by atoms with Crippen molar-refractivity contribution in [3.05, 3.63) is 84.4 Å². The average molecular weight is 405 g/mol. The van der Waals surface area contributed by atoms with E-state index in [9.17, 15) is 0 Å². The lowest BCUT2D eigenvalue weighted by Gasteiger charge is -2.16. The molecule has 4 N–H and O–H groups in total. The van der Waals surface area contributed by atoms with E-state index in [4.69, 9.17) is 19.9 Å². The Bertz CT molecular complexity index is 936. The molecular weight excluding hydrogens is 378 g/mol. The number of ether oxygens (including phenoxy) is 3. The Balaban J connectivity index is 1.28. The first-order chi connectivity index (χ1) is 14.8. The molecule has 1 aliphatic heterocycles. The molecule has 4 rings (SSSR count). The van der Waals surface area contributed by atoms with Crippen molar-refractivity contribution in [1.82, 2.24) is 10.9 Å². The van der Waals surface area contributed by atoms with E-state index in [0.29, 0.717) is 31.3 Å². The zero-order valence-electron chi connectivity index (χ0n) is 16.8. The van der Waals surface area contributed by atoms with Crippen LogP contribution in [0.5, 0.6) is 17.2 Å². The molecule has 1 fully saturated rings. The number of nitrogens with one attached hydrogen (secondary N) is 2. The highest BCUT2D eigenvalue weighted by Gasteiger charge is 2.27. The number of hydrazine groups is 1. The summed E-state index contributed by atoms with van der Waals surface area (Å²) in [5.74, 6) is 2.42. The fourth-order valence-electron chi connectivity index (χ4n) is 3.47. The van der Waals surface area contributed by atoms with Crippen molar-refractivity contribution >= 4 is 5.69 Å². The van der Waals surface area contributed by atoms with Gasteiger partial charge in [0.15, 0.2) is 0 Å². The number of anilines is 1. The van der Waals surface area contributed by atoms with Gasteiger partial charge in [-0.25, -0.2) is 5.43 Å². The van der Waals surface area contributed by atoms with Crippen molar-refractivity contribution in [2.75, 3.05) is 25.6 Å². The molecule has 156 valence electrons. The predicted molar refractivity (Wildman–Crippen MR) is 118 cm³/mol. The van der Waals surface area contributed by atoms with Crippen LogP contribution in [0.3, 0.4) is 0 Å². The third kappa shape index (κ3) is 5.23. The van der Waals surface area contributed by atoms with Crippen molar-refractivity contribution < 1.29 is 14.2 Å². The van der Waals surface area contributed by atoms with Crippen LogP contribution in [0.2, 0.25) is 0 Å². The Labute approximate surface area is 176 Å². The van der Waals surface area contributed by atoms with E-state index >= 15 is 0 Å². The fraction of sp³-hybridized carbons (Fsp3) is 0.250. The number of benzene rings is 3. The molecule has 3 aromatic rings. The SMILES string of the molecule is Nc1ccccc1OCC1CC(c2ccccc2OCCOc2ccccc2)NN1. The second kappa shape index (κ2) is 10.0. The maximum atomic E-state index is 6.01. The molecule has 0 amide bonds. The van der Waals surface area contributed by atoms with Crippen LogP contribution in [0.1, 0.15) is 18.0 Å². The van der Waals surface area contributed by atoms with Gasteiger partial charge in [-0.1, -0.05) is 48.5 Å². The van der Waals surface area contributed by atoms with E-state index in [2.05, 4.69) is 16.9 Å². The number of rotatable bonds is 9. The average Bonchev–Trinajstić information content (AvgIpc) is 3.26. The van der Waals surface area contributed by atoms with Crippen LogP contribution in [0.15, 0.2) is 78.9 Å². The van der Waals surface area contributed by atoms with E-state index in [-0.39, 0.29) is 12.1 Å². The monoisotopic (exact) mass is 405 g/mol. The number of para-hydroxylation sites is 4. The van der Waals surface area contributed by atoms with Crippen LogP contribution in [0.4, 0.5) is 5.69 Å². The van der Waals surface area contributed by atoms with Gasteiger partial charge in [0.2, 0.25) is 0 Å². The first kappa shape index (κ1) is 20.1. The standard InChI is InChI=1S/C24H27N3O3/c25-21-11-5-7-13-24(21)30-17-18-16-22(27-26-18)20-10-4-6-12-23(20)29-15-14-28-19-8-2-1-3-9-19/h1-13,18,22,26-27H,14-17,25H2. The topological polar surface area (TPSA) is 77.8 Å². The number of hydrogen-bond acceptors (Lipinski definition) is 6. The van der Waals surface area contributed by atoms with Crippen molar-refractivity contribution in [3.8, 4) is 17.2 Å². The summed E-state index contributed by atoms with van der Waals surface area (Å²) in [7, 11) is 0. The van der Waals surface area contributed by atoms with Gasteiger partial charge in [0.25, 0.3) is 0 Å². The van der Waals surface area contributed by atoms with Gasteiger partial charge in [0.1, 0.15) is 37.1 Å². The van der Waals surface area contributed by atoms with Gasteiger partial charge in [-0.15, -0.1) is 0 Å². The molecule has 0 aliphatic carbocycles. The number of nitrogen functional groups attached to an aromatic ring is 1. The van der Waals surface area contributed by atoms with E-state index in [0.717, 1.165) is 23.5 Å². The highest BCUT2D eigenvalue weighted by Crippen LogP contribution is 2.30. The number of nitrogens with two attached hydrogens (primary N) is 1. The normalized spacial score (nSPS) is 18.1. The van der Waals surface area contributed by atoms with Crippen LogP contribution < -0.4 is 30.8 Å². The molecule has 6 nitrogen and oxygen atoms in total. The highest BCUT2D eigenvalue weighted by molar-refractivity contribution is 5.51. The molecule has 1 saturated heterocycles. The molecule has 0 spiro atoms. The van der Waals surface area contributed by atoms with Crippen LogP contribution in [0, 0.1) is 0 Å². The minimum Gasteiger partial charge on any atom is -0.490 e. The predicted octanol–water partition coefficient (Wildman–Crippen LogP) is 3.71. The summed E-state index contributed by atoms with van der Waals surface area (Å²) in [5, 5.41) is 0. The Hall–Kier alpha value is -3.22. The summed E-state index contributed by atoms with van der Waals surface area (Å²) in [6, 6.07) is 25.7. The zero-order chi connectivity index (χ0) is 20.6. The minimum absolute atomic E-state index is 0.137. The molecule has 0 bridgehead atoms. The summed E-state index contributed by atoms with van der Waals surface area (Å²) in [6.45, 7) is 1.50. The molecule has 2 unspecified atom stereocenters. The van der Waals surface area contributed by atoms with Gasteiger partial charge in [-0.3, -0.25) is 5.43 Å². The molecule has 1 aliphatic rings. The van der Waals surface area contributed by atoms with Gasteiger partial charge >= 0.3 is 0 Å². The summed E-state index contributed by atoms with van der Waals surface area (Å²) in [4.78, 5) is 0. The quantitative estimate of drug-likeness (QED) is 0.372. The van der Waals surface area contributed by atoms with Crippen molar-refractivity contribution in [2.24, 2.45) is 0 Å². The van der Waals surface area contributed by atoms with Crippen molar-refractivity contribution in [2.45, 2.75) is 18.5 Å². The third-order valence-electron chi connectivity index (χ3n) is 4.99. The largest absolute Gasteiger partial charge is 0.490 e. The smallest absolute Gasteiger partial charge is 0.142 e. The number of hydrogen-bond donors (Lipinski definition) is 3. The van der Waals surface area contributed by atoms with Gasteiger partial charge in [-0.05, 0) is 36.8 Å². The third-order valence-corrected chi connectivity index (χ3v) is 4.99. The maximum Gasteiger partial charge on any atom is 0.142 e. The molecule has 0 radical (unpaired) electrons. The molecule has 30 heavy (non-hydrogen) atoms. The van der Waals surface area contributed by atoms with Crippen molar-refractivity contribution in [3.63, 3.8) is 0 Å². The Morgan fingerprint density at radius 3 is 2.27 bits per heavy atom. The summed E-state index contributed by atoms with van der Waals surface area (Å²) >= 11 is 0. The molecule has 0 aromatic heterocycles. The molecule has 3 aromatic carbocycles. The summed E-state index contributed by atoms with van der Waals surface area (Å²) < 4.78 is 17.6. The van der Waals surface area contributed by atoms with Crippen LogP contribution >= 0.6 is 0 Å². The molecule has 0 saturated carbocycles. The summed E-state index contributed by atoms with van der Waals surface area (Å²) in [5.41, 5.74) is 14.4. The van der Waals surface area contributed by atoms with E-state index in [1.165, 1.54) is 0 Å². The molecule has 2 atom stereocenters. The Morgan fingerprint density at radius 1 is 0.733 bits per heavy atom. The van der Waals surface area contributed by atoms with E-state index in [1.807, 2.05) is 72.8 Å². The van der Waals surface area contributed by atoms with Gasteiger partial charge in [0.05, 0.1) is 17.8 Å². The van der Waals surface area contributed by atoms with Gasteiger partial charge in [-0.2, -0.15) is 0 Å². The fourth-order valence-corrected chi connectivity index (χ4v) is 3.47. The van der Waals surface area contributed by atoms with E-state index < -0.39 is 0 Å². The summed E-state index contributed by atoms with van der Waals surface area (Å²) in [6.07, 6.45) is 0.883. The molecule has 1 heterocycles. The Kier molecular flexibility index (Phi) is 6.69. The first-order valence-corrected chi connectivity index (χ1v) is 10.2. The lowest BCUT2D eigenvalue weighted by Crippen LogP contribution is -2.34. The van der Waals surface area contributed by atoms with Crippen LogP contribution in [-0.4, -0.2) is 25.9 Å². The zero-order valence-corrected chi connectivity index (χ0v) is 16.8. The minimum atomic E-state index is 0.137. The second-order valence-corrected chi connectivity index (χ2v) is 7.17. The maximum absolute atomic E-state index is 6.01. The highest BCUT2D eigenvalue weighted by atomic mass is 16.5. The lowest BCUT2D eigenvalue weighted by molar-refractivity contribution is 0.215. The first-order valence-electron chi connectivity index (χ1n) is 10.2. The van der Waals surface area contributed by atoms with E-state index in [1.54, 1.807) is 0 Å². The van der Waals surface area contributed by atoms with Gasteiger partial charge < -0.3 is 19.9 Å². The molecular formula is C24H27N3O3. The van der Waals surface area contributed by atoms with Gasteiger partial charge in [0, 0.05) is 5.56 Å². The second-order valence-electron chi connectivity index (χ2n) is 7.17. The van der Waals surface area contributed by atoms with Crippen molar-refractivity contribution in [1.29, 1.82) is 0 Å². The lowest BCUT2D eigenvalue weighted by atomic mass is 10.0. The van der Waals surface area contributed by atoms with Crippen LogP contribution in [0.25, 0.3) is 0 Å². The van der Waals surface area contributed by atoms with Crippen LogP contribution in [-0.2, 0) is 0 Å².